The van der Waals surface area contributed by atoms with Crippen molar-refractivity contribution in [2.75, 3.05) is 0 Å². The number of aromatic amines is 1. The van der Waals surface area contributed by atoms with Gasteiger partial charge in [0.15, 0.2) is 4.77 Å². The maximum absolute atomic E-state index is 5.31. The zero-order valence-corrected chi connectivity index (χ0v) is 10.5. The van der Waals surface area contributed by atoms with E-state index in [9.17, 15) is 0 Å². The van der Waals surface area contributed by atoms with Crippen LogP contribution in [0.3, 0.4) is 0 Å². The maximum atomic E-state index is 5.31. The third kappa shape index (κ3) is 2.17. The summed E-state index contributed by atoms with van der Waals surface area (Å²) in [4.78, 5) is 3.20. The molecule has 0 bridgehead atoms. The molecule has 0 aromatic carbocycles. The number of aryl methyl sites for hydroxylation is 1. The van der Waals surface area contributed by atoms with Crippen LogP contribution in [0.5, 0.6) is 0 Å². The van der Waals surface area contributed by atoms with Gasteiger partial charge in [0.1, 0.15) is 0 Å². The first-order valence-electron chi connectivity index (χ1n) is 5.91. The van der Waals surface area contributed by atoms with Crippen molar-refractivity contribution in [3.05, 3.63) is 16.7 Å². The highest BCUT2D eigenvalue weighted by Gasteiger charge is 2.32. The number of rotatable bonds is 3. The van der Waals surface area contributed by atoms with Gasteiger partial charge in [0.05, 0.1) is 0 Å². The van der Waals surface area contributed by atoms with Gasteiger partial charge in [0.2, 0.25) is 0 Å². The van der Waals surface area contributed by atoms with E-state index in [-0.39, 0.29) is 0 Å². The Morgan fingerprint density at radius 2 is 2.13 bits per heavy atom. The lowest BCUT2D eigenvalue weighted by atomic mass is 9.83. The van der Waals surface area contributed by atoms with Gasteiger partial charge in [0, 0.05) is 18.4 Å². The number of H-pyrrole nitrogens is 1. The van der Waals surface area contributed by atoms with E-state index in [1.807, 2.05) is 0 Å². The average molecular weight is 224 g/mol. The minimum Gasteiger partial charge on any atom is -0.335 e. The highest BCUT2D eigenvalue weighted by Crippen LogP contribution is 2.42. The first kappa shape index (κ1) is 10.9. The monoisotopic (exact) mass is 224 g/mol. The first-order chi connectivity index (χ1) is 7.15. The summed E-state index contributed by atoms with van der Waals surface area (Å²) in [5, 5.41) is 0. The molecule has 0 saturated heterocycles. The molecule has 1 fully saturated rings. The van der Waals surface area contributed by atoms with E-state index < -0.39 is 0 Å². The second-order valence-corrected chi connectivity index (χ2v) is 5.32. The van der Waals surface area contributed by atoms with Crippen molar-refractivity contribution in [3.8, 4) is 0 Å². The smallest absolute Gasteiger partial charge is 0.177 e. The van der Waals surface area contributed by atoms with Crippen LogP contribution in [0, 0.1) is 17.1 Å². The maximum Gasteiger partial charge on any atom is 0.177 e. The summed E-state index contributed by atoms with van der Waals surface area (Å²) in [7, 11) is 0. The molecule has 1 aromatic heterocycles. The van der Waals surface area contributed by atoms with Crippen molar-refractivity contribution in [1.82, 2.24) is 9.55 Å². The van der Waals surface area contributed by atoms with Crippen LogP contribution in [0.4, 0.5) is 0 Å². The van der Waals surface area contributed by atoms with Gasteiger partial charge in [-0.25, -0.2) is 0 Å². The Bertz CT molecular complexity index is 383. The Hall–Kier alpha value is -0.570. The highest BCUT2D eigenvalue weighted by atomic mass is 32.1. The van der Waals surface area contributed by atoms with Crippen LogP contribution in [0.25, 0.3) is 0 Å². The Morgan fingerprint density at radius 1 is 1.47 bits per heavy atom. The molecule has 1 aliphatic rings. The predicted molar refractivity (Wildman–Crippen MR) is 65.5 cm³/mol. The van der Waals surface area contributed by atoms with Gasteiger partial charge < -0.3 is 9.55 Å². The molecule has 0 atom stereocenters. The molecule has 0 aliphatic heterocycles. The SMILES string of the molecule is CCC1(Cn2cc(C)[nH]c2=S)CCCC1. The van der Waals surface area contributed by atoms with Crippen molar-refractivity contribution >= 4 is 12.2 Å². The number of nitrogens with one attached hydrogen (secondary N) is 1. The van der Waals surface area contributed by atoms with Gasteiger partial charge in [-0.1, -0.05) is 19.8 Å². The highest BCUT2D eigenvalue weighted by molar-refractivity contribution is 7.71. The zero-order valence-electron chi connectivity index (χ0n) is 9.68. The van der Waals surface area contributed by atoms with Crippen molar-refractivity contribution in [3.63, 3.8) is 0 Å². The fraction of sp³-hybridized carbons (Fsp3) is 0.750. The van der Waals surface area contributed by atoms with E-state index in [4.69, 9.17) is 12.2 Å². The minimum atomic E-state index is 0.521. The summed E-state index contributed by atoms with van der Waals surface area (Å²) >= 11 is 5.31. The molecule has 0 amide bonds. The fourth-order valence-corrected chi connectivity index (χ4v) is 3.07. The molecule has 2 nitrogen and oxygen atoms in total. The molecule has 15 heavy (non-hydrogen) atoms. The fourth-order valence-electron chi connectivity index (χ4n) is 2.79. The van der Waals surface area contributed by atoms with Crippen molar-refractivity contribution in [2.45, 2.75) is 52.5 Å². The molecule has 0 unspecified atom stereocenters. The van der Waals surface area contributed by atoms with Gasteiger partial charge in [-0.05, 0) is 43.8 Å². The van der Waals surface area contributed by atoms with E-state index in [1.165, 1.54) is 37.8 Å². The number of aromatic nitrogens is 2. The summed E-state index contributed by atoms with van der Waals surface area (Å²) in [6.45, 7) is 5.49. The van der Waals surface area contributed by atoms with E-state index in [1.54, 1.807) is 0 Å². The van der Waals surface area contributed by atoms with Gasteiger partial charge in [0.25, 0.3) is 0 Å². The second-order valence-electron chi connectivity index (χ2n) is 4.93. The Kier molecular flexibility index (Phi) is 3.01. The Labute approximate surface area is 96.7 Å². The lowest BCUT2D eigenvalue weighted by Crippen LogP contribution is -2.22. The number of imidazole rings is 1. The molecule has 2 rings (SSSR count). The van der Waals surface area contributed by atoms with Crippen LogP contribution in [0.15, 0.2) is 6.20 Å². The molecule has 1 aliphatic carbocycles. The Balaban J connectivity index is 2.19. The lowest BCUT2D eigenvalue weighted by Gasteiger charge is -2.27. The zero-order chi connectivity index (χ0) is 10.9. The third-order valence-corrected chi connectivity index (χ3v) is 4.17. The first-order valence-corrected chi connectivity index (χ1v) is 6.32. The van der Waals surface area contributed by atoms with Crippen LogP contribution in [0.2, 0.25) is 0 Å². The third-order valence-electron chi connectivity index (χ3n) is 3.83. The molecule has 0 radical (unpaired) electrons. The molecule has 1 aromatic rings. The molecular weight excluding hydrogens is 204 g/mol. The molecule has 1 heterocycles. The van der Waals surface area contributed by atoms with Gasteiger partial charge >= 0.3 is 0 Å². The number of hydrogen-bond acceptors (Lipinski definition) is 1. The van der Waals surface area contributed by atoms with E-state index in [2.05, 4.69) is 29.6 Å². The molecule has 1 saturated carbocycles. The van der Waals surface area contributed by atoms with Crippen LogP contribution >= 0.6 is 12.2 Å². The van der Waals surface area contributed by atoms with Crippen molar-refractivity contribution < 1.29 is 0 Å². The average Bonchev–Trinajstić information content (AvgIpc) is 2.76. The van der Waals surface area contributed by atoms with E-state index >= 15 is 0 Å². The summed E-state index contributed by atoms with van der Waals surface area (Å²) < 4.78 is 3.10. The van der Waals surface area contributed by atoms with Crippen LogP contribution in [0.1, 0.15) is 44.7 Å². The lowest BCUT2D eigenvalue weighted by molar-refractivity contribution is 0.236. The quantitative estimate of drug-likeness (QED) is 0.774. The topological polar surface area (TPSA) is 20.7 Å². The molecule has 0 spiro atoms. The summed E-state index contributed by atoms with van der Waals surface area (Å²) in [5.41, 5.74) is 1.69. The van der Waals surface area contributed by atoms with Crippen molar-refractivity contribution in [1.29, 1.82) is 0 Å². The molecule has 84 valence electrons. The van der Waals surface area contributed by atoms with Crippen molar-refractivity contribution in [2.24, 2.45) is 5.41 Å². The van der Waals surface area contributed by atoms with Crippen LogP contribution < -0.4 is 0 Å². The summed E-state index contributed by atoms with van der Waals surface area (Å²) in [6, 6.07) is 0. The molecular formula is C12H20N2S. The normalized spacial score (nSPS) is 19.6. The second kappa shape index (κ2) is 4.12. The van der Waals surface area contributed by atoms with Crippen LogP contribution in [-0.2, 0) is 6.54 Å². The molecule has 1 N–H and O–H groups in total. The standard InChI is InChI=1S/C12H20N2S/c1-3-12(6-4-5-7-12)9-14-8-10(2)13-11(14)15/h8H,3-7,9H2,1-2H3,(H,13,15). The summed E-state index contributed by atoms with van der Waals surface area (Å²) in [5.74, 6) is 0. The van der Waals surface area contributed by atoms with Gasteiger partial charge in [-0.15, -0.1) is 0 Å². The minimum absolute atomic E-state index is 0.521. The van der Waals surface area contributed by atoms with E-state index in [0.717, 1.165) is 11.3 Å². The van der Waals surface area contributed by atoms with E-state index in [0.29, 0.717) is 5.41 Å². The molecule has 3 heteroatoms. The van der Waals surface area contributed by atoms with Gasteiger partial charge in [-0.3, -0.25) is 0 Å². The number of nitrogens with zero attached hydrogens (tertiary/aromatic N) is 1. The number of hydrogen-bond donors (Lipinski definition) is 1. The Morgan fingerprint density at radius 3 is 2.60 bits per heavy atom. The largest absolute Gasteiger partial charge is 0.335 e. The summed E-state index contributed by atoms with van der Waals surface area (Å²) in [6.07, 6.45) is 8.96. The predicted octanol–water partition coefficient (Wildman–Crippen LogP) is 3.82. The van der Waals surface area contributed by atoms with Crippen LogP contribution in [-0.4, -0.2) is 9.55 Å². The van der Waals surface area contributed by atoms with Gasteiger partial charge in [-0.2, -0.15) is 0 Å².